The standard InChI is InChI=1S/C15H15FN2OS/c1-9-7-20-8-11(9)15(19)18-14-12(16)3-2-4-13(14)17-10-5-6-10/h2-4,7-8,10,17H,5-6H2,1H3,(H,18,19). The van der Waals surface area contributed by atoms with Crippen LogP contribution in [0.1, 0.15) is 28.8 Å². The highest BCUT2D eigenvalue weighted by Gasteiger charge is 2.23. The molecule has 1 aromatic carbocycles. The number of carbonyl (C=O) groups excluding carboxylic acids is 1. The predicted molar refractivity (Wildman–Crippen MR) is 80.1 cm³/mol. The smallest absolute Gasteiger partial charge is 0.256 e. The monoisotopic (exact) mass is 290 g/mol. The van der Waals surface area contributed by atoms with Crippen LogP contribution in [0.25, 0.3) is 0 Å². The molecular weight excluding hydrogens is 275 g/mol. The number of benzene rings is 1. The van der Waals surface area contributed by atoms with E-state index < -0.39 is 5.82 Å². The molecule has 0 spiro atoms. The minimum Gasteiger partial charge on any atom is -0.381 e. The molecule has 1 amide bonds. The number of rotatable bonds is 4. The topological polar surface area (TPSA) is 41.1 Å². The molecule has 3 nitrogen and oxygen atoms in total. The maximum atomic E-state index is 14.0. The molecule has 20 heavy (non-hydrogen) atoms. The second-order valence-corrected chi connectivity index (χ2v) is 5.75. The van der Waals surface area contributed by atoms with Crippen LogP contribution in [0.4, 0.5) is 15.8 Å². The van der Waals surface area contributed by atoms with Gasteiger partial charge in [0.25, 0.3) is 5.91 Å². The molecule has 0 atom stereocenters. The number of amides is 1. The Morgan fingerprint density at radius 3 is 2.80 bits per heavy atom. The first kappa shape index (κ1) is 13.1. The summed E-state index contributed by atoms with van der Waals surface area (Å²) in [5, 5.41) is 9.60. The Kier molecular flexibility index (Phi) is 3.44. The van der Waals surface area contributed by atoms with E-state index in [1.807, 2.05) is 12.3 Å². The molecule has 1 fully saturated rings. The average Bonchev–Trinajstić information content (AvgIpc) is 3.13. The fourth-order valence-corrected chi connectivity index (χ4v) is 2.82. The Labute approximate surface area is 120 Å². The summed E-state index contributed by atoms with van der Waals surface area (Å²) in [5.74, 6) is -0.690. The first-order valence-electron chi connectivity index (χ1n) is 6.54. The quantitative estimate of drug-likeness (QED) is 0.893. The predicted octanol–water partition coefficient (Wildman–Crippen LogP) is 4.02. The van der Waals surface area contributed by atoms with E-state index in [9.17, 15) is 9.18 Å². The number of nitrogens with one attached hydrogen (secondary N) is 2. The molecule has 0 aliphatic heterocycles. The van der Waals surface area contributed by atoms with Gasteiger partial charge in [-0.25, -0.2) is 4.39 Å². The van der Waals surface area contributed by atoms with Gasteiger partial charge in [0.15, 0.2) is 0 Å². The van der Waals surface area contributed by atoms with E-state index in [4.69, 9.17) is 0 Å². The second kappa shape index (κ2) is 5.25. The van der Waals surface area contributed by atoms with E-state index in [2.05, 4.69) is 10.6 Å². The van der Waals surface area contributed by atoms with Gasteiger partial charge in [0.2, 0.25) is 0 Å². The van der Waals surface area contributed by atoms with Gasteiger partial charge in [-0.3, -0.25) is 4.79 Å². The molecule has 0 unspecified atom stereocenters. The summed E-state index contributed by atoms with van der Waals surface area (Å²) in [6, 6.07) is 5.19. The van der Waals surface area contributed by atoms with Crippen molar-refractivity contribution in [2.24, 2.45) is 0 Å². The molecule has 0 bridgehead atoms. The number of hydrogen-bond acceptors (Lipinski definition) is 3. The van der Waals surface area contributed by atoms with Gasteiger partial charge in [-0.05, 0) is 42.8 Å². The highest BCUT2D eigenvalue weighted by atomic mass is 32.1. The van der Waals surface area contributed by atoms with E-state index >= 15 is 0 Å². The van der Waals surface area contributed by atoms with Crippen molar-refractivity contribution < 1.29 is 9.18 Å². The lowest BCUT2D eigenvalue weighted by molar-refractivity contribution is 0.102. The van der Waals surface area contributed by atoms with Crippen LogP contribution in [-0.2, 0) is 0 Å². The minimum absolute atomic E-state index is 0.231. The van der Waals surface area contributed by atoms with Crippen LogP contribution < -0.4 is 10.6 Å². The number of hydrogen-bond donors (Lipinski definition) is 2. The minimum atomic E-state index is -0.420. The zero-order chi connectivity index (χ0) is 14.1. The zero-order valence-electron chi connectivity index (χ0n) is 11.1. The van der Waals surface area contributed by atoms with Crippen molar-refractivity contribution in [3.63, 3.8) is 0 Å². The van der Waals surface area contributed by atoms with Gasteiger partial charge in [0, 0.05) is 11.4 Å². The van der Waals surface area contributed by atoms with Gasteiger partial charge in [-0.2, -0.15) is 11.3 Å². The number of para-hydroxylation sites is 1. The molecule has 1 aromatic heterocycles. The number of halogens is 1. The third-order valence-electron chi connectivity index (χ3n) is 3.29. The van der Waals surface area contributed by atoms with E-state index in [1.54, 1.807) is 17.5 Å². The number of anilines is 2. The second-order valence-electron chi connectivity index (χ2n) is 5.00. The van der Waals surface area contributed by atoms with Crippen LogP contribution in [0.5, 0.6) is 0 Å². The number of thiophene rings is 1. The summed E-state index contributed by atoms with van der Waals surface area (Å²) >= 11 is 1.46. The summed E-state index contributed by atoms with van der Waals surface area (Å²) < 4.78 is 14.0. The Balaban J connectivity index is 1.85. The third-order valence-corrected chi connectivity index (χ3v) is 4.15. The molecular formula is C15H15FN2OS. The largest absolute Gasteiger partial charge is 0.381 e. The van der Waals surface area contributed by atoms with Crippen molar-refractivity contribution in [3.8, 4) is 0 Å². The maximum Gasteiger partial charge on any atom is 0.256 e. The Morgan fingerprint density at radius 2 is 2.15 bits per heavy atom. The van der Waals surface area contributed by atoms with E-state index in [0.29, 0.717) is 17.3 Å². The fraction of sp³-hybridized carbons (Fsp3) is 0.267. The summed E-state index contributed by atoms with van der Waals surface area (Å²) in [4.78, 5) is 12.2. The first-order valence-corrected chi connectivity index (χ1v) is 7.48. The van der Waals surface area contributed by atoms with Crippen LogP contribution in [0, 0.1) is 12.7 Å². The van der Waals surface area contributed by atoms with Crippen molar-refractivity contribution in [1.82, 2.24) is 0 Å². The SMILES string of the molecule is Cc1cscc1C(=O)Nc1c(F)cccc1NC1CC1. The molecule has 1 aliphatic carbocycles. The van der Waals surface area contributed by atoms with Gasteiger partial charge < -0.3 is 10.6 Å². The van der Waals surface area contributed by atoms with Crippen molar-refractivity contribution >= 4 is 28.6 Å². The maximum absolute atomic E-state index is 14.0. The molecule has 5 heteroatoms. The Bertz CT molecular complexity index is 649. The first-order chi connectivity index (χ1) is 9.65. The van der Waals surface area contributed by atoms with Crippen LogP contribution in [0.3, 0.4) is 0 Å². The van der Waals surface area contributed by atoms with E-state index in [0.717, 1.165) is 18.4 Å². The lowest BCUT2D eigenvalue weighted by atomic mass is 10.2. The van der Waals surface area contributed by atoms with Crippen LogP contribution in [0.15, 0.2) is 29.0 Å². The van der Waals surface area contributed by atoms with Gasteiger partial charge in [0.1, 0.15) is 11.5 Å². The number of aryl methyl sites for hydroxylation is 1. The molecule has 0 radical (unpaired) electrons. The summed E-state index contributed by atoms with van der Waals surface area (Å²) in [6.07, 6.45) is 2.18. The molecule has 104 valence electrons. The van der Waals surface area contributed by atoms with Crippen LogP contribution >= 0.6 is 11.3 Å². The highest BCUT2D eigenvalue weighted by molar-refractivity contribution is 7.08. The van der Waals surface area contributed by atoms with Crippen molar-refractivity contribution in [2.45, 2.75) is 25.8 Å². The molecule has 0 saturated heterocycles. The van der Waals surface area contributed by atoms with Crippen LogP contribution in [0.2, 0.25) is 0 Å². The number of carbonyl (C=O) groups is 1. The fourth-order valence-electron chi connectivity index (χ4n) is 1.99. The molecule has 2 N–H and O–H groups in total. The Morgan fingerprint density at radius 1 is 1.35 bits per heavy atom. The zero-order valence-corrected chi connectivity index (χ0v) is 11.9. The lowest BCUT2D eigenvalue weighted by Gasteiger charge is -2.13. The molecule has 1 heterocycles. The van der Waals surface area contributed by atoms with E-state index in [-0.39, 0.29) is 11.6 Å². The van der Waals surface area contributed by atoms with Gasteiger partial charge in [-0.15, -0.1) is 0 Å². The highest BCUT2D eigenvalue weighted by Crippen LogP contribution is 2.31. The Hall–Kier alpha value is -1.88. The van der Waals surface area contributed by atoms with Crippen LogP contribution in [-0.4, -0.2) is 11.9 Å². The van der Waals surface area contributed by atoms with Crippen molar-refractivity contribution in [3.05, 3.63) is 45.9 Å². The third kappa shape index (κ3) is 2.67. The normalized spacial score (nSPS) is 14.1. The molecule has 3 rings (SSSR count). The molecule has 1 saturated carbocycles. The molecule has 2 aromatic rings. The van der Waals surface area contributed by atoms with Crippen molar-refractivity contribution in [2.75, 3.05) is 10.6 Å². The van der Waals surface area contributed by atoms with Crippen molar-refractivity contribution in [1.29, 1.82) is 0 Å². The average molecular weight is 290 g/mol. The summed E-state index contributed by atoms with van der Waals surface area (Å²) in [6.45, 7) is 1.87. The van der Waals surface area contributed by atoms with Gasteiger partial charge in [-0.1, -0.05) is 6.07 Å². The summed E-state index contributed by atoms with van der Waals surface area (Å²) in [7, 11) is 0. The summed E-state index contributed by atoms with van der Waals surface area (Å²) in [5.41, 5.74) is 2.37. The lowest BCUT2D eigenvalue weighted by Crippen LogP contribution is -2.15. The van der Waals surface area contributed by atoms with Gasteiger partial charge in [0.05, 0.1) is 11.3 Å². The van der Waals surface area contributed by atoms with E-state index in [1.165, 1.54) is 17.4 Å². The molecule has 1 aliphatic rings. The van der Waals surface area contributed by atoms with Gasteiger partial charge >= 0.3 is 0 Å².